The molecule has 0 aliphatic carbocycles. The lowest BCUT2D eigenvalue weighted by atomic mass is 10.0. The van der Waals surface area contributed by atoms with Gasteiger partial charge in [-0.1, -0.05) is 0 Å². The molecule has 0 bridgehead atoms. The largest absolute Gasteiger partial charge is 1.00 e. The lowest BCUT2D eigenvalue weighted by Gasteiger charge is -2.10. The van der Waals surface area contributed by atoms with E-state index in [9.17, 15) is 4.79 Å². The molecule has 1 aliphatic rings. The average molecular weight is 471 g/mol. The van der Waals surface area contributed by atoms with Crippen LogP contribution in [0.5, 0.6) is 11.5 Å². The summed E-state index contributed by atoms with van der Waals surface area (Å²) in [6, 6.07) is 15.3. The molecule has 3 aromatic rings. The summed E-state index contributed by atoms with van der Waals surface area (Å²) < 4.78 is 15.2. The van der Waals surface area contributed by atoms with E-state index in [-0.39, 0.29) is 28.8 Å². The van der Waals surface area contributed by atoms with Crippen molar-refractivity contribution in [3.63, 3.8) is 0 Å². The zero-order valence-corrected chi connectivity index (χ0v) is 19.2. The van der Waals surface area contributed by atoms with Gasteiger partial charge in [0.05, 0.1) is 26.7 Å². The van der Waals surface area contributed by atoms with E-state index < -0.39 is 0 Å². The van der Waals surface area contributed by atoms with Crippen LogP contribution in [0.2, 0.25) is 0 Å². The minimum absolute atomic E-state index is 0. The summed E-state index contributed by atoms with van der Waals surface area (Å²) in [7, 11) is 1.67. The maximum absolute atomic E-state index is 13.2. The molecule has 4 rings (SSSR count). The van der Waals surface area contributed by atoms with Crippen LogP contribution in [0.4, 0.5) is 0 Å². The predicted molar refractivity (Wildman–Crippen MR) is 112 cm³/mol. The maximum atomic E-state index is 13.2. The van der Waals surface area contributed by atoms with Crippen LogP contribution in [0.3, 0.4) is 0 Å². The van der Waals surface area contributed by atoms with Crippen molar-refractivity contribution in [2.45, 2.75) is 39.3 Å². The lowest BCUT2D eigenvalue weighted by Crippen LogP contribution is -3.00. The van der Waals surface area contributed by atoms with Crippen molar-refractivity contribution in [2.75, 3.05) is 13.7 Å². The topological polar surface area (TPSA) is 44.3 Å². The molecule has 6 heteroatoms. The molecular formula is C24H27BrN2O3. The van der Waals surface area contributed by atoms with Crippen LogP contribution in [0, 0.1) is 0 Å². The first-order valence-electron chi connectivity index (χ1n) is 10.2. The van der Waals surface area contributed by atoms with E-state index >= 15 is 0 Å². The van der Waals surface area contributed by atoms with Crippen LogP contribution in [-0.4, -0.2) is 24.1 Å². The minimum Gasteiger partial charge on any atom is -1.00 e. The van der Waals surface area contributed by atoms with E-state index in [1.807, 2.05) is 50.2 Å². The zero-order chi connectivity index (χ0) is 20.4. The third-order valence-electron chi connectivity index (χ3n) is 5.58. The number of Topliss-reactive ketones (excluding diaryl/α,β-unsaturated/α-hetero) is 1. The Morgan fingerprint density at radius 1 is 1.10 bits per heavy atom. The van der Waals surface area contributed by atoms with Crippen LogP contribution >= 0.6 is 0 Å². The van der Waals surface area contributed by atoms with Crippen LogP contribution < -0.4 is 31.0 Å². The van der Waals surface area contributed by atoms with Crippen molar-refractivity contribution in [2.24, 2.45) is 0 Å². The minimum atomic E-state index is -0.265. The summed E-state index contributed by atoms with van der Waals surface area (Å²) >= 11 is 0. The number of fused-ring (bicyclic) bond motifs is 1. The second-order valence-electron chi connectivity index (χ2n) is 7.32. The molecule has 1 aromatic heterocycles. The summed E-state index contributed by atoms with van der Waals surface area (Å²) in [5.41, 5.74) is 2.98. The molecule has 158 valence electrons. The molecule has 0 amide bonds. The van der Waals surface area contributed by atoms with Gasteiger partial charge in [-0.3, -0.25) is 4.79 Å². The molecule has 1 atom stereocenters. The first-order valence-corrected chi connectivity index (χ1v) is 10.2. The summed E-state index contributed by atoms with van der Waals surface area (Å²) in [4.78, 5) is 13.2. The van der Waals surface area contributed by atoms with Gasteiger partial charge >= 0.3 is 0 Å². The Kier molecular flexibility index (Phi) is 6.98. The van der Waals surface area contributed by atoms with Gasteiger partial charge in [0, 0.05) is 11.1 Å². The number of ether oxygens (including phenoxy) is 2. The van der Waals surface area contributed by atoms with Gasteiger partial charge in [0.15, 0.2) is 11.7 Å². The van der Waals surface area contributed by atoms with Crippen molar-refractivity contribution in [1.29, 1.82) is 0 Å². The Labute approximate surface area is 188 Å². The third-order valence-corrected chi connectivity index (χ3v) is 5.58. The van der Waals surface area contributed by atoms with Gasteiger partial charge in [-0.15, -0.1) is 0 Å². The summed E-state index contributed by atoms with van der Waals surface area (Å²) in [5, 5.41) is 0. The number of halogens is 1. The molecule has 0 saturated carbocycles. The average Bonchev–Trinajstić information content (AvgIpc) is 3.36. The van der Waals surface area contributed by atoms with Gasteiger partial charge in [0.25, 0.3) is 5.82 Å². The molecule has 0 spiro atoms. The fraction of sp³-hybridized carbons (Fsp3) is 0.333. The molecule has 0 N–H and O–H groups in total. The number of hydrogen-bond donors (Lipinski definition) is 0. The molecule has 0 saturated heterocycles. The van der Waals surface area contributed by atoms with E-state index in [2.05, 4.69) is 27.5 Å². The number of imidazole rings is 1. The number of aromatic nitrogens is 2. The quantitative estimate of drug-likeness (QED) is 0.385. The molecule has 0 fully saturated rings. The normalized spacial score (nSPS) is 13.3. The SMILES string of the molecule is CCOc1ccc(C(=O)C(C)[n+]2cc(-c3ccc(OC)cc3)n3c2CCC3)cc1.[Br-]. The number of nitrogens with zero attached hydrogens (tertiary/aromatic N) is 2. The molecule has 2 heterocycles. The Hall–Kier alpha value is -2.60. The standard InChI is InChI=1S/C24H27N2O3.BrH/c1-4-29-21-13-9-19(10-14-21)24(27)17(2)26-16-22(25-15-5-6-23(25)26)18-7-11-20(28-3)12-8-18;/h7-14,16-17H,4-6,15H2,1-3H3;1H/q+1;/p-1. The smallest absolute Gasteiger partial charge is 0.257 e. The van der Waals surface area contributed by atoms with Gasteiger partial charge in [-0.05, 0) is 68.8 Å². The highest BCUT2D eigenvalue weighted by molar-refractivity contribution is 5.97. The van der Waals surface area contributed by atoms with Gasteiger partial charge < -0.3 is 26.5 Å². The Bertz CT molecular complexity index is 1010. The first kappa shape index (κ1) is 22.1. The lowest BCUT2D eigenvalue weighted by molar-refractivity contribution is -0.710. The van der Waals surface area contributed by atoms with Crippen LogP contribution in [-0.2, 0) is 13.0 Å². The van der Waals surface area contributed by atoms with Gasteiger partial charge in [0.1, 0.15) is 17.7 Å². The molecular weight excluding hydrogens is 444 g/mol. The molecule has 0 radical (unpaired) electrons. The summed E-state index contributed by atoms with van der Waals surface area (Å²) in [6.45, 7) is 5.53. The second kappa shape index (κ2) is 9.47. The highest BCUT2D eigenvalue weighted by Gasteiger charge is 2.33. The van der Waals surface area contributed by atoms with Gasteiger partial charge in [0.2, 0.25) is 5.78 Å². The molecule has 5 nitrogen and oxygen atoms in total. The number of rotatable bonds is 7. The van der Waals surface area contributed by atoms with Crippen molar-refractivity contribution >= 4 is 5.78 Å². The highest BCUT2D eigenvalue weighted by atomic mass is 79.9. The van der Waals surface area contributed by atoms with Crippen molar-refractivity contribution in [3.05, 3.63) is 66.1 Å². The van der Waals surface area contributed by atoms with Gasteiger partial charge in [-0.2, -0.15) is 0 Å². The van der Waals surface area contributed by atoms with E-state index in [1.54, 1.807) is 7.11 Å². The molecule has 2 aromatic carbocycles. The number of benzene rings is 2. The Morgan fingerprint density at radius 2 is 1.77 bits per heavy atom. The number of carbonyl (C=O) groups excluding carboxylic acids is 1. The number of methoxy groups -OCH3 is 1. The number of hydrogen-bond acceptors (Lipinski definition) is 3. The fourth-order valence-electron chi connectivity index (χ4n) is 4.04. The summed E-state index contributed by atoms with van der Waals surface area (Å²) in [5.74, 6) is 2.95. The van der Waals surface area contributed by atoms with Crippen LogP contribution in [0.1, 0.15) is 42.5 Å². The molecule has 1 unspecified atom stereocenters. The zero-order valence-electron chi connectivity index (χ0n) is 17.6. The van der Waals surface area contributed by atoms with E-state index in [0.717, 1.165) is 42.1 Å². The summed E-state index contributed by atoms with van der Waals surface area (Å²) in [6.07, 6.45) is 4.20. The Balaban J connectivity index is 0.00000256. The highest BCUT2D eigenvalue weighted by Crippen LogP contribution is 2.28. The van der Waals surface area contributed by atoms with E-state index in [4.69, 9.17) is 9.47 Å². The van der Waals surface area contributed by atoms with E-state index in [0.29, 0.717) is 12.2 Å². The van der Waals surface area contributed by atoms with Crippen molar-refractivity contribution in [1.82, 2.24) is 4.57 Å². The maximum Gasteiger partial charge on any atom is 0.257 e. The number of carbonyl (C=O) groups is 1. The van der Waals surface area contributed by atoms with Crippen LogP contribution in [0.15, 0.2) is 54.7 Å². The first-order chi connectivity index (χ1) is 14.1. The molecule has 1 aliphatic heterocycles. The van der Waals surface area contributed by atoms with E-state index in [1.165, 1.54) is 5.82 Å². The van der Waals surface area contributed by atoms with Crippen LogP contribution in [0.25, 0.3) is 11.3 Å². The number of ketones is 1. The third kappa shape index (κ3) is 4.15. The monoisotopic (exact) mass is 470 g/mol. The van der Waals surface area contributed by atoms with Gasteiger partial charge in [-0.25, -0.2) is 9.13 Å². The van der Waals surface area contributed by atoms with Crippen molar-refractivity contribution in [3.8, 4) is 22.8 Å². The Morgan fingerprint density at radius 3 is 2.40 bits per heavy atom. The second-order valence-corrected chi connectivity index (χ2v) is 7.32. The molecule has 30 heavy (non-hydrogen) atoms. The fourth-order valence-corrected chi connectivity index (χ4v) is 4.04. The predicted octanol–water partition coefficient (Wildman–Crippen LogP) is 1.24. The van der Waals surface area contributed by atoms with Crippen molar-refractivity contribution < 1.29 is 35.8 Å².